The largest absolute Gasteiger partial charge is 1.00 e. The third-order valence-electron chi connectivity index (χ3n) is 14.3. The van der Waals surface area contributed by atoms with Crippen molar-refractivity contribution in [1.82, 2.24) is 0 Å². The van der Waals surface area contributed by atoms with E-state index < -0.39 is 18.3 Å². The fourth-order valence-electron chi connectivity index (χ4n) is 9.00. The minimum Gasteiger partial charge on any atom is -0.857 e. The molecule has 0 amide bonds. The van der Waals surface area contributed by atoms with Crippen molar-refractivity contribution in [2.75, 3.05) is 19.0 Å². The van der Waals surface area contributed by atoms with Crippen LogP contribution in [0.15, 0.2) is 107 Å². The van der Waals surface area contributed by atoms with Crippen LogP contribution in [0.25, 0.3) is 0 Å². The molecule has 0 spiro atoms. The first-order valence-electron chi connectivity index (χ1n) is 25.2. The van der Waals surface area contributed by atoms with E-state index in [4.69, 9.17) is 21.1 Å². The van der Waals surface area contributed by atoms with Crippen LogP contribution in [0.2, 0.25) is 0 Å². The Balaban J connectivity index is -0.000000283. The maximum Gasteiger partial charge on any atom is 1.00 e. The van der Waals surface area contributed by atoms with Gasteiger partial charge in [0.25, 0.3) is 0 Å². The topological polar surface area (TPSA) is 174 Å². The van der Waals surface area contributed by atoms with Crippen LogP contribution in [0.1, 0.15) is 155 Å². The van der Waals surface area contributed by atoms with Crippen LogP contribution in [0.4, 0.5) is 0 Å². The fourth-order valence-corrected chi connectivity index (χ4v) is 11.4. The molecule has 14 heteroatoms. The second-order valence-corrected chi connectivity index (χ2v) is 21.7. The van der Waals surface area contributed by atoms with Crippen molar-refractivity contribution in [3.63, 3.8) is 0 Å². The molecule has 16 unspecified atom stereocenters. The summed E-state index contributed by atoms with van der Waals surface area (Å²) < 4.78 is 17.8. The molecule has 0 saturated heterocycles. The van der Waals surface area contributed by atoms with Crippen molar-refractivity contribution in [2.45, 2.75) is 173 Å². The van der Waals surface area contributed by atoms with Gasteiger partial charge in [-0.25, -0.2) is 9.59 Å². The number of aliphatic hydroxyl groups excluding tert-OH is 4. The third kappa shape index (κ3) is 25.5. The summed E-state index contributed by atoms with van der Waals surface area (Å²) >= 11 is 10.9. The van der Waals surface area contributed by atoms with Gasteiger partial charge in [-0.15, -0.1) is 0 Å². The van der Waals surface area contributed by atoms with Gasteiger partial charge in [-0.05, 0) is 92.0 Å². The molecule has 0 aliphatic heterocycles. The summed E-state index contributed by atoms with van der Waals surface area (Å²) in [6.07, 6.45) is 7.14. The van der Waals surface area contributed by atoms with Crippen molar-refractivity contribution < 1.29 is 80.3 Å². The maximum absolute atomic E-state index is 12.2. The van der Waals surface area contributed by atoms with Crippen molar-refractivity contribution in [3.8, 4) is 0 Å². The summed E-state index contributed by atoms with van der Waals surface area (Å²) in [5.74, 6) is 3.38. The fraction of sp³-hybridized carbons (Fsp3) is 0.623. The number of hydrogen-bond donors (Lipinski definition) is 4. The number of Topliss-reactive ketones (excluding diaryl/α,β-unsaturated/α-hetero) is 1. The minimum atomic E-state index is -1.19. The van der Waals surface area contributed by atoms with E-state index in [1.807, 2.05) is 36.4 Å². The van der Waals surface area contributed by atoms with Gasteiger partial charge in [0.15, 0.2) is 0 Å². The number of ketones is 1. The molecule has 0 bridgehead atoms. The zero-order valence-corrected chi connectivity index (χ0v) is 51.5. The molecule has 4 N–H and O–H groups in total. The molecule has 16 atom stereocenters. The number of benzene rings is 2. The number of halogens is 3. The Hall–Kier alpha value is -1.75. The van der Waals surface area contributed by atoms with Gasteiger partial charge in [-0.3, -0.25) is 0 Å². The summed E-state index contributed by atoms with van der Waals surface area (Å²) in [4.78, 5) is 34.7. The first kappa shape index (κ1) is 79.7. The van der Waals surface area contributed by atoms with Crippen LogP contribution in [0, 0.1) is 53.3 Å². The number of ether oxygens (including phenoxy) is 2. The average molecular weight is 1260 g/mol. The summed E-state index contributed by atoms with van der Waals surface area (Å²) in [7, 11) is 0.750. The van der Waals surface area contributed by atoms with Crippen LogP contribution < -0.4 is 34.7 Å². The second-order valence-electron chi connectivity index (χ2n) is 19.0. The average Bonchev–Trinajstić information content (AvgIpc) is 3.38. The van der Waals surface area contributed by atoms with Crippen molar-refractivity contribution in [1.29, 1.82) is 0 Å². The summed E-state index contributed by atoms with van der Waals surface area (Å²) in [6, 6.07) is 18.4. The molecule has 2 aromatic carbocycles. The molecule has 2 aromatic rings. The molecule has 0 aromatic heterocycles. The minimum absolute atomic E-state index is 0. The SMILES string of the molecule is C.C.C.C.CC1C(CBr)=CC(Br)C(C)C1C.CC1C=C(CO)C(O)C(O)C1O.CCC1=CC(Br)C(OC(=O)c2ccccc2)C(C)C1C.CCC1=CC(C)C(OC(=O)c2ccccc2)C(C)C1C.C[O-].[2H]CC(C)=O.[Na+]. The van der Waals surface area contributed by atoms with Crippen LogP contribution in [0.3, 0.4) is 0 Å². The molecule has 0 heterocycles. The Labute approximate surface area is 505 Å². The number of carbonyl (C=O) groups excluding carboxylic acids is 3. The number of carbonyl (C=O) groups is 3. The van der Waals surface area contributed by atoms with Crippen molar-refractivity contribution in [3.05, 3.63) is 118 Å². The van der Waals surface area contributed by atoms with E-state index in [9.17, 15) is 29.7 Å². The van der Waals surface area contributed by atoms with E-state index in [1.165, 1.54) is 18.1 Å². The molecular formula is C61H100Br3NaO10. The zero-order valence-electron chi connectivity index (χ0n) is 45.7. The zero-order chi connectivity index (χ0) is 54.3. The number of aliphatic hydroxyl groups is 4. The molecule has 4 aliphatic carbocycles. The first-order chi connectivity index (χ1) is 33.5. The van der Waals surface area contributed by atoms with E-state index in [2.05, 4.69) is 135 Å². The number of allylic oxidation sites excluding steroid dienone is 4. The van der Waals surface area contributed by atoms with E-state index in [1.54, 1.807) is 42.8 Å². The smallest absolute Gasteiger partial charge is 0.857 e. The van der Waals surface area contributed by atoms with Gasteiger partial charge in [-0.2, -0.15) is 7.11 Å². The molecule has 6 rings (SSSR count). The standard InChI is InChI=1S/C18H24O2.C17H21BrO2.C10H16Br2.C8H14O4.C3H6O.CH3O.4CH4.Na/c1-5-15-11-12(2)17(14(4)13(15)3)20-18(19)16-9-7-6-8-10-16;1-4-13-10-15(18)16(12(3)11(13)2)20-17(19)14-8-6-5-7-9-14;1-6-7(2)9(5-11)4-10(12)8(6)3;1-4-2-5(3-9)7(11)8(12)6(4)10;1-3(2)4;1-2;;;;;/h6-14,17H,5H2,1-4H3;5-12,15-16H,4H2,1-3H3;4,6-8,10H,5H2,1-3H3;2,4,6-12H,3H2,1H3;1-2H3;1H3;4*1H4;/q;;;;;-1;;;;;+1/i;;;;1D;;;;;;. The monoisotopic (exact) mass is 1250 g/mol. The predicted molar refractivity (Wildman–Crippen MR) is 320 cm³/mol. The first-order valence-corrected chi connectivity index (χ1v) is 27.5. The normalized spacial score (nSPS) is 30.1. The van der Waals surface area contributed by atoms with Gasteiger partial charge in [0.05, 0.1) is 28.7 Å². The molecule has 426 valence electrons. The Kier molecular flexibility index (Phi) is 44.8. The summed E-state index contributed by atoms with van der Waals surface area (Å²) in [5, 5.41) is 45.9. The molecular weight excluding hydrogens is 1160 g/mol. The van der Waals surface area contributed by atoms with Crippen LogP contribution >= 0.6 is 47.8 Å². The Morgan fingerprint density at radius 1 is 0.573 bits per heavy atom. The molecule has 10 nitrogen and oxygen atoms in total. The van der Waals surface area contributed by atoms with Gasteiger partial charge in [0.1, 0.15) is 30.2 Å². The summed E-state index contributed by atoms with van der Waals surface area (Å²) in [6.45, 7) is 25.0. The number of esters is 2. The maximum atomic E-state index is 12.2. The van der Waals surface area contributed by atoms with E-state index in [0.29, 0.717) is 45.2 Å². The molecule has 4 aliphatic rings. The van der Waals surface area contributed by atoms with Crippen LogP contribution in [-0.2, 0) is 14.3 Å². The van der Waals surface area contributed by atoms with Gasteiger partial charge in [-0.1, -0.05) is 231 Å². The van der Waals surface area contributed by atoms with Gasteiger partial charge >= 0.3 is 41.5 Å². The van der Waals surface area contributed by atoms with Crippen LogP contribution in [0.5, 0.6) is 0 Å². The molecule has 0 fully saturated rings. The second kappa shape index (κ2) is 42.2. The third-order valence-corrected chi connectivity index (χ3v) is 16.8. The molecule has 0 saturated carbocycles. The van der Waals surface area contributed by atoms with Gasteiger partial charge in [0, 0.05) is 29.3 Å². The Morgan fingerprint density at radius 2 is 0.947 bits per heavy atom. The summed E-state index contributed by atoms with van der Waals surface area (Å²) in [5.41, 5.74) is 6.08. The predicted octanol–water partition coefficient (Wildman–Crippen LogP) is 10.8. The van der Waals surface area contributed by atoms with Crippen molar-refractivity contribution >= 4 is 65.5 Å². The van der Waals surface area contributed by atoms with Crippen LogP contribution in [-0.4, -0.2) is 97.4 Å². The van der Waals surface area contributed by atoms with E-state index in [-0.39, 0.29) is 119 Å². The number of hydrogen-bond acceptors (Lipinski definition) is 10. The van der Waals surface area contributed by atoms with Gasteiger partial charge < -0.3 is 39.8 Å². The van der Waals surface area contributed by atoms with E-state index >= 15 is 0 Å². The number of alkyl halides is 3. The molecule has 75 heavy (non-hydrogen) atoms. The Morgan fingerprint density at radius 3 is 1.35 bits per heavy atom. The van der Waals surface area contributed by atoms with Gasteiger partial charge in [0.2, 0.25) is 0 Å². The Bertz CT molecular complexity index is 1890. The quantitative estimate of drug-likeness (QED) is 0.0862. The number of rotatable bonds is 8. The molecule has 0 radical (unpaired) electrons. The van der Waals surface area contributed by atoms with Crippen molar-refractivity contribution in [2.24, 2.45) is 53.3 Å². The van der Waals surface area contributed by atoms with E-state index in [0.717, 1.165) is 43.0 Å².